The van der Waals surface area contributed by atoms with Gasteiger partial charge >= 0.3 is 0 Å². The lowest BCUT2D eigenvalue weighted by Crippen LogP contribution is -2.53. The first-order valence-electron chi connectivity index (χ1n) is 11.1. The smallest absolute Gasteiger partial charge is 0.234 e. The zero-order chi connectivity index (χ0) is 19.1. The van der Waals surface area contributed by atoms with Crippen LogP contribution in [0.15, 0.2) is 0 Å². The Bertz CT molecular complexity index is 490. The largest absolute Gasteiger partial charge is 0.352 e. The summed E-state index contributed by atoms with van der Waals surface area (Å²) < 4.78 is 0. The van der Waals surface area contributed by atoms with Gasteiger partial charge in [0.05, 0.1) is 6.54 Å². The molecule has 2 aliphatic carbocycles. The average molecular weight is 379 g/mol. The molecule has 0 spiro atoms. The van der Waals surface area contributed by atoms with E-state index in [9.17, 15) is 9.59 Å². The number of hydrogen-bond acceptors (Lipinski definition) is 4. The van der Waals surface area contributed by atoms with Crippen molar-refractivity contribution in [3.05, 3.63) is 0 Å². The van der Waals surface area contributed by atoms with Crippen molar-refractivity contribution in [2.24, 2.45) is 11.1 Å². The Hall–Kier alpha value is -1.14. The zero-order valence-electron chi connectivity index (χ0n) is 16.9. The third kappa shape index (κ3) is 5.92. The molecule has 3 fully saturated rings. The lowest BCUT2D eigenvalue weighted by Gasteiger charge is -2.39. The van der Waals surface area contributed by atoms with Crippen molar-refractivity contribution >= 4 is 11.8 Å². The number of hydrogen-bond donors (Lipinski definition) is 2. The summed E-state index contributed by atoms with van der Waals surface area (Å²) in [5.41, 5.74) is 6.08. The molecule has 1 saturated heterocycles. The first kappa shape index (κ1) is 20.6. The standard InChI is InChI=1S/C21H38N4O2/c22-17-21(9-5-2-6-10-21)15-20(27)25-13-11-24(12-14-25)16-19(26)23-18-7-3-1-4-8-18/h18H,1-17,22H2,(H,23,26). The van der Waals surface area contributed by atoms with Gasteiger partial charge in [0.1, 0.15) is 0 Å². The van der Waals surface area contributed by atoms with E-state index in [0.717, 1.165) is 51.9 Å². The molecule has 1 aliphatic heterocycles. The fourth-order valence-corrected chi connectivity index (χ4v) is 5.07. The lowest BCUT2D eigenvalue weighted by molar-refractivity contribution is -0.136. The highest BCUT2D eigenvalue weighted by Gasteiger charge is 2.35. The lowest BCUT2D eigenvalue weighted by atomic mass is 9.71. The van der Waals surface area contributed by atoms with Crippen molar-refractivity contribution in [1.29, 1.82) is 0 Å². The van der Waals surface area contributed by atoms with Crippen LogP contribution < -0.4 is 11.1 Å². The zero-order valence-corrected chi connectivity index (χ0v) is 16.9. The summed E-state index contributed by atoms with van der Waals surface area (Å²) in [5, 5.41) is 3.19. The SMILES string of the molecule is NCC1(CC(=O)N2CCN(CC(=O)NC3CCCCC3)CC2)CCCCC1. The summed E-state index contributed by atoms with van der Waals surface area (Å²) in [6.45, 7) is 4.14. The van der Waals surface area contributed by atoms with Gasteiger partial charge in [0.25, 0.3) is 0 Å². The van der Waals surface area contributed by atoms with Gasteiger partial charge in [-0.05, 0) is 37.6 Å². The highest BCUT2D eigenvalue weighted by molar-refractivity contribution is 5.79. The van der Waals surface area contributed by atoms with Crippen LogP contribution in [0.3, 0.4) is 0 Å². The predicted octanol–water partition coefficient (Wildman–Crippen LogP) is 1.88. The molecular weight excluding hydrogens is 340 g/mol. The Morgan fingerprint density at radius 3 is 2.19 bits per heavy atom. The van der Waals surface area contributed by atoms with Crippen LogP contribution in [-0.2, 0) is 9.59 Å². The van der Waals surface area contributed by atoms with Crippen molar-refractivity contribution in [1.82, 2.24) is 15.1 Å². The number of nitrogens with zero attached hydrogens (tertiary/aromatic N) is 2. The number of nitrogens with one attached hydrogen (secondary N) is 1. The number of amides is 2. The molecule has 0 unspecified atom stereocenters. The minimum absolute atomic E-state index is 0.0341. The maximum Gasteiger partial charge on any atom is 0.234 e. The maximum absolute atomic E-state index is 12.8. The molecule has 0 radical (unpaired) electrons. The average Bonchev–Trinajstić information content (AvgIpc) is 2.70. The van der Waals surface area contributed by atoms with Crippen LogP contribution in [0.2, 0.25) is 0 Å². The van der Waals surface area contributed by atoms with Gasteiger partial charge in [0, 0.05) is 38.6 Å². The summed E-state index contributed by atoms with van der Waals surface area (Å²) in [6.07, 6.45) is 12.5. The van der Waals surface area contributed by atoms with E-state index < -0.39 is 0 Å². The van der Waals surface area contributed by atoms with Crippen molar-refractivity contribution in [3.63, 3.8) is 0 Å². The van der Waals surface area contributed by atoms with Crippen molar-refractivity contribution in [3.8, 4) is 0 Å². The summed E-state index contributed by atoms with van der Waals surface area (Å²) in [5.74, 6) is 0.402. The fraction of sp³-hybridized carbons (Fsp3) is 0.905. The minimum atomic E-state index is 0.0341. The van der Waals surface area contributed by atoms with Gasteiger partial charge in [-0.15, -0.1) is 0 Å². The first-order valence-corrected chi connectivity index (χ1v) is 11.1. The second kappa shape index (κ2) is 9.87. The van der Waals surface area contributed by atoms with Gasteiger partial charge in [0.2, 0.25) is 11.8 Å². The molecule has 1 heterocycles. The molecule has 6 heteroatoms. The van der Waals surface area contributed by atoms with Gasteiger partial charge < -0.3 is 16.0 Å². The Balaban J connectivity index is 1.38. The van der Waals surface area contributed by atoms with Crippen molar-refractivity contribution in [2.75, 3.05) is 39.3 Å². The molecule has 3 aliphatic rings. The minimum Gasteiger partial charge on any atom is -0.352 e. The van der Waals surface area contributed by atoms with Gasteiger partial charge in [-0.2, -0.15) is 0 Å². The van der Waals surface area contributed by atoms with Crippen LogP contribution in [0.4, 0.5) is 0 Å². The van der Waals surface area contributed by atoms with Crippen molar-refractivity contribution in [2.45, 2.75) is 76.7 Å². The molecule has 2 saturated carbocycles. The van der Waals surface area contributed by atoms with Gasteiger partial charge in [-0.3, -0.25) is 14.5 Å². The predicted molar refractivity (Wildman–Crippen MR) is 107 cm³/mol. The van der Waals surface area contributed by atoms with Crippen LogP contribution in [-0.4, -0.2) is 66.9 Å². The van der Waals surface area contributed by atoms with E-state index in [1.807, 2.05) is 4.90 Å². The molecule has 2 amide bonds. The van der Waals surface area contributed by atoms with E-state index in [-0.39, 0.29) is 17.2 Å². The number of nitrogens with two attached hydrogens (primary N) is 1. The van der Waals surface area contributed by atoms with Gasteiger partial charge in [0.15, 0.2) is 0 Å². The highest BCUT2D eigenvalue weighted by Crippen LogP contribution is 2.38. The van der Waals surface area contributed by atoms with E-state index in [1.165, 1.54) is 38.5 Å². The second-order valence-corrected chi connectivity index (χ2v) is 9.00. The number of carbonyl (C=O) groups is 2. The van der Waals surface area contributed by atoms with Crippen molar-refractivity contribution < 1.29 is 9.59 Å². The molecule has 154 valence electrons. The number of rotatable bonds is 6. The third-order valence-electron chi connectivity index (χ3n) is 6.94. The molecule has 3 rings (SSSR count). The maximum atomic E-state index is 12.8. The Morgan fingerprint density at radius 1 is 0.926 bits per heavy atom. The molecule has 0 atom stereocenters. The van der Waals surface area contributed by atoms with Crippen LogP contribution in [0.5, 0.6) is 0 Å². The Morgan fingerprint density at radius 2 is 1.56 bits per heavy atom. The summed E-state index contributed by atoms with van der Waals surface area (Å²) >= 11 is 0. The molecule has 3 N–H and O–H groups in total. The third-order valence-corrected chi connectivity index (χ3v) is 6.94. The van der Waals surface area contributed by atoms with Gasteiger partial charge in [-0.1, -0.05) is 38.5 Å². The monoisotopic (exact) mass is 378 g/mol. The van der Waals surface area contributed by atoms with Crippen LogP contribution in [0.25, 0.3) is 0 Å². The van der Waals surface area contributed by atoms with Gasteiger partial charge in [-0.25, -0.2) is 0 Å². The number of piperazine rings is 1. The molecule has 0 aromatic rings. The molecule has 0 bridgehead atoms. The Labute approximate surface area is 164 Å². The molecule has 6 nitrogen and oxygen atoms in total. The molecular formula is C21H38N4O2. The van der Waals surface area contributed by atoms with E-state index in [4.69, 9.17) is 5.73 Å². The van der Waals surface area contributed by atoms with Crippen LogP contribution in [0.1, 0.15) is 70.6 Å². The van der Waals surface area contributed by atoms with E-state index in [1.54, 1.807) is 0 Å². The summed E-state index contributed by atoms with van der Waals surface area (Å²) in [6, 6.07) is 0.372. The summed E-state index contributed by atoms with van der Waals surface area (Å²) in [4.78, 5) is 29.3. The Kier molecular flexibility index (Phi) is 7.53. The quantitative estimate of drug-likeness (QED) is 0.740. The topological polar surface area (TPSA) is 78.7 Å². The fourth-order valence-electron chi connectivity index (χ4n) is 5.07. The summed E-state index contributed by atoms with van der Waals surface area (Å²) in [7, 11) is 0. The first-order chi connectivity index (χ1) is 13.1. The molecule has 0 aromatic heterocycles. The second-order valence-electron chi connectivity index (χ2n) is 9.00. The molecule has 27 heavy (non-hydrogen) atoms. The van der Waals surface area contributed by atoms with Crippen LogP contribution in [0, 0.1) is 5.41 Å². The van der Waals surface area contributed by atoms with E-state index in [2.05, 4.69) is 10.2 Å². The van der Waals surface area contributed by atoms with E-state index in [0.29, 0.717) is 25.6 Å². The van der Waals surface area contributed by atoms with E-state index >= 15 is 0 Å². The normalized spacial score (nSPS) is 24.6. The molecule has 0 aromatic carbocycles. The number of carbonyl (C=O) groups excluding carboxylic acids is 2. The highest BCUT2D eigenvalue weighted by atomic mass is 16.2. The van der Waals surface area contributed by atoms with Crippen LogP contribution >= 0.6 is 0 Å².